The van der Waals surface area contributed by atoms with Gasteiger partial charge >= 0.3 is 7.60 Å². The number of rotatable bonds is 11. The minimum atomic E-state index is -3.30. The van der Waals surface area contributed by atoms with Crippen molar-refractivity contribution in [2.75, 3.05) is 13.2 Å². The number of unbranched alkanes of at least 4 members (excludes halogenated alkanes) is 2. The third-order valence-corrected chi connectivity index (χ3v) is 9.39. The summed E-state index contributed by atoms with van der Waals surface area (Å²) >= 11 is 0. The first-order chi connectivity index (χ1) is 16.5. The molecule has 0 heterocycles. The van der Waals surface area contributed by atoms with Crippen LogP contribution in [0.2, 0.25) is 0 Å². The molecule has 2 aromatic carbocycles. The molecule has 3 nitrogen and oxygen atoms in total. The van der Waals surface area contributed by atoms with Crippen LogP contribution >= 0.6 is 7.60 Å². The van der Waals surface area contributed by atoms with Gasteiger partial charge in [-0.15, -0.1) is 0 Å². The molecule has 0 unspecified atom stereocenters. The van der Waals surface area contributed by atoms with Gasteiger partial charge in [-0.1, -0.05) is 90.8 Å². The van der Waals surface area contributed by atoms with E-state index in [1.165, 1.54) is 35.1 Å². The lowest BCUT2D eigenvalue weighted by Crippen LogP contribution is -2.33. The molecule has 0 fully saturated rings. The van der Waals surface area contributed by atoms with E-state index in [9.17, 15) is 4.57 Å². The van der Waals surface area contributed by atoms with Crippen molar-refractivity contribution in [1.82, 2.24) is 0 Å². The average molecular weight is 497 g/mol. The molecule has 0 aromatic heterocycles. The summed E-state index contributed by atoms with van der Waals surface area (Å²) in [5, 5.41) is 0.636. The number of hydrogen-bond donors (Lipinski definition) is 0. The van der Waals surface area contributed by atoms with Crippen molar-refractivity contribution >= 4 is 24.5 Å². The van der Waals surface area contributed by atoms with Gasteiger partial charge in [0.05, 0.1) is 18.5 Å². The Bertz CT molecular complexity index is 1050. The highest BCUT2D eigenvalue weighted by molar-refractivity contribution is 7.62. The second-order valence-corrected chi connectivity index (χ2v) is 13.3. The van der Waals surface area contributed by atoms with Gasteiger partial charge in [0.2, 0.25) is 0 Å². The van der Waals surface area contributed by atoms with Gasteiger partial charge < -0.3 is 9.05 Å². The van der Waals surface area contributed by atoms with Gasteiger partial charge in [0, 0.05) is 0 Å². The Kier molecular flexibility index (Phi) is 9.24. The highest BCUT2D eigenvalue weighted by atomic mass is 31.2. The van der Waals surface area contributed by atoms with E-state index in [-0.39, 0.29) is 10.8 Å². The zero-order valence-corrected chi connectivity index (χ0v) is 23.8. The summed E-state index contributed by atoms with van der Waals surface area (Å²) in [7, 11) is -3.30. The summed E-state index contributed by atoms with van der Waals surface area (Å²) in [5.74, 6) is 0. The lowest BCUT2D eigenvalue weighted by atomic mass is 9.63. The lowest BCUT2D eigenvalue weighted by Gasteiger charge is -2.42. The Morgan fingerprint density at radius 1 is 0.857 bits per heavy atom. The zero-order chi connectivity index (χ0) is 25.7. The van der Waals surface area contributed by atoms with E-state index in [0.29, 0.717) is 18.5 Å². The molecule has 35 heavy (non-hydrogen) atoms. The van der Waals surface area contributed by atoms with E-state index in [2.05, 4.69) is 72.7 Å². The van der Waals surface area contributed by atoms with Crippen LogP contribution in [-0.2, 0) is 24.4 Å². The molecule has 0 saturated carbocycles. The summed E-state index contributed by atoms with van der Waals surface area (Å²) in [4.78, 5) is 0. The average Bonchev–Trinajstić information content (AvgIpc) is 2.82. The van der Waals surface area contributed by atoms with Crippen LogP contribution in [0.15, 0.2) is 42.5 Å². The fourth-order valence-electron chi connectivity index (χ4n) is 4.76. The lowest BCUT2D eigenvalue weighted by molar-refractivity contribution is 0.208. The molecular weight excluding hydrogens is 451 g/mol. The second-order valence-electron chi connectivity index (χ2n) is 11.3. The Morgan fingerprint density at radius 2 is 1.40 bits per heavy atom. The van der Waals surface area contributed by atoms with Crippen LogP contribution in [0.5, 0.6) is 0 Å². The first kappa shape index (κ1) is 27.9. The minimum absolute atomic E-state index is 0.194. The molecule has 0 atom stereocenters. The molecule has 0 radical (unpaired) electrons. The Morgan fingerprint density at radius 3 is 1.94 bits per heavy atom. The van der Waals surface area contributed by atoms with Gasteiger partial charge in [-0.2, -0.15) is 0 Å². The Balaban J connectivity index is 1.84. The largest absolute Gasteiger partial charge is 0.361 e. The maximum absolute atomic E-state index is 13.5. The van der Waals surface area contributed by atoms with E-state index in [1.807, 2.05) is 24.3 Å². The smallest absolute Gasteiger partial charge is 0.305 e. The quantitative estimate of drug-likeness (QED) is 0.177. The topological polar surface area (TPSA) is 35.5 Å². The highest BCUT2D eigenvalue weighted by Gasteiger charge is 2.37. The third kappa shape index (κ3) is 6.76. The highest BCUT2D eigenvalue weighted by Crippen LogP contribution is 2.48. The van der Waals surface area contributed by atoms with Crippen molar-refractivity contribution in [3.8, 4) is 0 Å². The minimum Gasteiger partial charge on any atom is -0.305 e. The normalized spacial score (nSPS) is 17.3. The van der Waals surface area contributed by atoms with Crippen LogP contribution in [0.4, 0.5) is 0 Å². The van der Waals surface area contributed by atoms with Crippen molar-refractivity contribution in [3.05, 3.63) is 64.7 Å². The Hall–Kier alpha value is -1.67. The van der Waals surface area contributed by atoms with Crippen molar-refractivity contribution in [2.45, 2.75) is 97.8 Å². The van der Waals surface area contributed by atoms with Crippen molar-refractivity contribution in [2.24, 2.45) is 0 Å². The van der Waals surface area contributed by atoms with Crippen LogP contribution < -0.4 is 5.30 Å². The van der Waals surface area contributed by atoms with Crippen LogP contribution in [-0.4, -0.2) is 13.2 Å². The molecule has 2 aromatic rings. The fourth-order valence-corrected chi connectivity index (χ4v) is 6.39. The molecule has 0 amide bonds. The first-order valence-electron chi connectivity index (χ1n) is 13.4. The predicted octanol–water partition coefficient (Wildman–Crippen LogP) is 9.05. The van der Waals surface area contributed by atoms with Crippen LogP contribution in [0, 0.1) is 0 Å². The molecule has 192 valence electrons. The molecule has 0 spiro atoms. The maximum Gasteiger partial charge on any atom is 0.361 e. The van der Waals surface area contributed by atoms with Crippen LogP contribution in [0.25, 0.3) is 11.6 Å². The predicted molar refractivity (Wildman–Crippen MR) is 151 cm³/mol. The van der Waals surface area contributed by atoms with Gasteiger partial charge in [-0.25, -0.2) is 0 Å². The van der Waals surface area contributed by atoms with E-state index in [4.69, 9.17) is 9.05 Å². The van der Waals surface area contributed by atoms with Crippen LogP contribution in [0.3, 0.4) is 0 Å². The molecule has 0 bridgehead atoms. The molecule has 0 aliphatic heterocycles. The van der Waals surface area contributed by atoms with E-state index in [1.54, 1.807) is 0 Å². The molecule has 0 N–H and O–H groups in total. The maximum atomic E-state index is 13.5. The number of benzene rings is 2. The molecule has 0 saturated heterocycles. The first-order valence-corrected chi connectivity index (χ1v) is 14.9. The van der Waals surface area contributed by atoms with E-state index in [0.717, 1.165) is 31.2 Å². The van der Waals surface area contributed by atoms with E-state index >= 15 is 0 Å². The SMILES string of the molecule is CCCCOP(=O)(OCCCC)c1ccc(/C=C(\C)c2ccc3c(c2)C(C)(C)CCC3(C)C)cc1. The molecule has 1 aliphatic carbocycles. The summed E-state index contributed by atoms with van der Waals surface area (Å²) in [6.45, 7) is 16.7. The summed E-state index contributed by atoms with van der Waals surface area (Å²) in [6, 6.07) is 14.8. The summed E-state index contributed by atoms with van der Waals surface area (Å²) in [6.07, 6.45) is 8.37. The molecule has 3 rings (SSSR count). The Labute approximate surface area is 213 Å². The monoisotopic (exact) mass is 496 g/mol. The number of allylic oxidation sites excluding steroid dienone is 1. The van der Waals surface area contributed by atoms with Crippen LogP contribution in [0.1, 0.15) is 109 Å². The number of hydrogen-bond acceptors (Lipinski definition) is 3. The second kappa shape index (κ2) is 11.6. The van der Waals surface area contributed by atoms with E-state index < -0.39 is 7.60 Å². The van der Waals surface area contributed by atoms with Crippen molar-refractivity contribution in [3.63, 3.8) is 0 Å². The summed E-state index contributed by atoms with van der Waals surface area (Å²) < 4.78 is 25.1. The zero-order valence-electron chi connectivity index (χ0n) is 22.9. The van der Waals surface area contributed by atoms with Gasteiger partial charge in [0.1, 0.15) is 0 Å². The van der Waals surface area contributed by atoms with Gasteiger partial charge in [-0.05, 0) is 83.4 Å². The van der Waals surface area contributed by atoms with Gasteiger partial charge in [0.15, 0.2) is 0 Å². The molecular formula is C31H45O3P. The summed E-state index contributed by atoms with van der Waals surface area (Å²) in [5.41, 5.74) is 6.94. The van der Waals surface area contributed by atoms with Gasteiger partial charge in [-0.3, -0.25) is 4.57 Å². The van der Waals surface area contributed by atoms with Gasteiger partial charge in [0.25, 0.3) is 0 Å². The fraction of sp³-hybridized carbons (Fsp3) is 0.548. The van der Waals surface area contributed by atoms with Crippen molar-refractivity contribution < 1.29 is 13.6 Å². The third-order valence-electron chi connectivity index (χ3n) is 7.42. The molecule has 4 heteroatoms. The van der Waals surface area contributed by atoms with Crippen molar-refractivity contribution in [1.29, 1.82) is 0 Å². The standard InChI is InChI=1S/C31H45O3P/c1-8-10-20-33-35(32,34-21-11-9-2)27-15-12-25(13-16-27)22-24(3)26-14-17-28-29(23-26)31(6,7)19-18-30(28,4)5/h12-17,22-23H,8-11,18-21H2,1-7H3/b24-22+. The number of fused-ring (bicyclic) bond motifs is 1. The molecule has 1 aliphatic rings.